The Labute approximate surface area is 186 Å². The molecule has 0 aliphatic heterocycles. The molecule has 1 aliphatic rings. The number of aromatic amines is 1. The highest BCUT2D eigenvalue weighted by Gasteiger charge is 2.25. The van der Waals surface area contributed by atoms with E-state index in [0.717, 1.165) is 11.3 Å². The Balaban J connectivity index is 1.33. The number of H-pyrrole nitrogens is 1. The van der Waals surface area contributed by atoms with Crippen LogP contribution in [-0.4, -0.2) is 36.1 Å². The lowest BCUT2D eigenvalue weighted by Crippen LogP contribution is -2.34. The second-order valence-electron chi connectivity index (χ2n) is 7.77. The Kier molecular flexibility index (Phi) is 6.84. The molecule has 4 rings (SSSR count). The number of aromatic nitrogens is 2. The first-order valence-corrected chi connectivity index (χ1v) is 10.9. The number of ether oxygens (including phenoxy) is 2. The number of carbonyl (C=O) groups is 1. The highest BCUT2D eigenvalue weighted by molar-refractivity contribution is 5.78. The average Bonchev–Trinajstić information content (AvgIpc) is 3.06. The monoisotopic (exact) mass is 433 g/mol. The maximum Gasteiger partial charge on any atom is 0.254 e. The molecular formula is C25H27N3O4. The maximum atomic E-state index is 12.7. The van der Waals surface area contributed by atoms with E-state index in [4.69, 9.17) is 14.5 Å². The molecule has 1 heterocycles. The van der Waals surface area contributed by atoms with Crippen molar-refractivity contribution in [3.05, 3.63) is 76.2 Å². The Bertz CT molecular complexity index is 1130. The summed E-state index contributed by atoms with van der Waals surface area (Å²) >= 11 is 0. The third-order valence-corrected chi connectivity index (χ3v) is 5.72. The van der Waals surface area contributed by atoms with Gasteiger partial charge in [-0.05, 0) is 37.8 Å². The van der Waals surface area contributed by atoms with Crippen molar-refractivity contribution in [3.8, 4) is 22.9 Å². The van der Waals surface area contributed by atoms with Gasteiger partial charge in [-0.1, -0.05) is 42.5 Å². The van der Waals surface area contributed by atoms with Gasteiger partial charge in [0, 0.05) is 17.0 Å². The summed E-state index contributed by atoms with van der Waals surface area (Å²) in [6, 6.07) is 17.0. The maximum absolute atomic E-state index is 12.7. The standard InChI is InChI=1S/C25H27N3O4/c1-31-21-9-5-6-10-22(21)32-16-15-26-24(29)18-11-13-19-20(14-12-18)27-23(28-25(19)30)17-7-3-2-4-8-17/h2-10,18H,11-16H2,1H3,(H,26,29)(H,27,28,30). The summed E-state index contributed by atoms with van der Waals surface area (Å²) in [6.45, 7) is 0.748. The predicted octanol–water partition coefficient (Wildman–Crippen LogP) is 3.14. The number of methoxy groups -OCH3 is 1. The van der Waals surface area contributed by atoms with Crippen LogP contribution in [0.1, 0.15) is 24.1 Å². The van der Waals surface area contributed by atoms with Crippen LogP contribution in [0.3, 0.4) is 0 Å². The van der Waals surface area contributed by atoms with Crippen LogP contribution < -0.4 is 20.3 Å². The van der Waals surface area contributed by atoms with E-state index in [0.29, 0.717) is 61.7 Å². The highest BCUT2D eigenvalue weighted by Crippen LogP contribution is 2.26. The largest absolute Gasteiger partial charge is 0.493 e. The molecule has 7 nitrogen and oxygen atoms in total. The molecule has 0 radical (unpaired) electrons. The van der Waals surface area contributed by atoms with Crippen molar-refractivity contribution in [2.45, 2.75) is 25.7 Å². The number of aryl methyl sites for hydroxylation is 1. The van der Waals surface area contributed by atoms with Gasteiger partial charge in [0.15, 0.2) is 11.5 Å². The van der Waals surface area contributed by atoms with E-state index in [-0.39, 0.29) is 17.4 Å². The number of carbonyl (C=O) groups excluding carboxylic acids is 1. The van der Waals surface area contributed by atoms with Crippen LogP contribution in [0.15, 0.2) is 59.4 Å². The molecule has 3 aromatic rings. The van der Waals surface area contributed by atoms with E-state index in [1.54, 1.807) is 7.11 Å². The minimum absolute atomic E-state index is 0.0128. The first-order chi connectivity index (χ1) is 15.7. The molecule has 0 bridgehead atoms. The van der Waals surface area contributed by atoms with Gasteiger partial charge in [-0.25, -0.2) is 4.98 Å². The lowest BCUT2D eigenvalue weighted by atomic mass is 9.99. The quantitative estimate of drug-likeness (QED) is 0.441. The molecule has 2 N–H and O–H groups in total. The van der Waals surface area contributed by atoms with Gasteiger partial charge < -0.3 is 19.8 Å². The number of amides is 1. The Morgan fingerprint density at radius 3 is 2.56 bits per heavy atom. The van der Waals surface area contributed by atoms with Gasteiger partial charge in [-0.15, -0.1) is 0 Å². The van der Waals surface area contributed by atoms with Crippen LogP contribution >= 0.6 is 0 Å². The minimum Gasteiger partial charge on any atom is -0.493 e. The van der Waals surface area contributed by atoms with Crippen molar-refractivity contribution in [2.24, 2.45) is 5.92 Å². The van der Waals surface area contributed by atoms with Gasteiger partial charge in [0.05, 0.1) is 19.3 Å². The average molecular weight is 434 g/mol. The summed E-state index contributed by atoms with van der Waals surface area (Å²) in [6.07, 6.45) is 2.44. The number of nitrogens with zero attached hydrogens (tertiary/aromatic N) is 1. The van der Waals surface area contributed by atoms with Gasteiger partial charge in [-0.3, -0.25) is 9.59 Å². The SMILES string of the molecule is COc1ccccc1OCCNC(=O)C1CCc2nc(-c3ccccc3)[nH]c(=O)c2CC1. The van der Waals surface area contributed by atoms with E-state index in [1.165, 1.54) is 0 Å². The zero-order valence-electron chi connectivity index (χ0n) is 18.1. The van der Waals surface area contributed by atoms with Crippen molar-refractivity contribution in [2.75, 3.05) is 20.3 Å². The Morgan fingerprint density at radius 2 is 1.78 bits per heavy atom. The summed E-state index contributed by atoms with van der Waals surface area (Å²) in [4.78, 5) is 33.0. The Hall–Kier alpha value is -3.61. The number of rotatable bonds is 7. The van der Waals surface area contributed by atoms with Crippen LogP contribution in [0.4, 0.5) is 0 Å². The molecule has 32 heavy (non-hydrogen) atoms. The molecule has 166 valence electrons. The molecule has 1 aliphatic carbocycles. The third-order valence-electron chi connectivity index (χ3n) is 5.72. The van der Waals surface area contributed by atoms with Crippen molar-refractivity contribution in [1.82, 2.24) is 15.3 Å². The second kappa shape index (κ2) is 10.1. The van der Waals surface area contributed by atoms with E-state index in [1.807, 2.05) is 54.6 Å². The predicted molar refractivity (Wildman–Crippen MR) is 122 cm³/mol. The zero-order valence-corrected chi connectivity index (χ0v) is 18.1. The molecule has 1 aromatic heterocycles. The minimum atomic E-state index is -0.157. The van der Waals surface area contributed by atoms with Gasteiger partial charge in [-0.2, -0.15) is 0 Å². The summed E-state index contributed by atoms with van der Waals surface area (Å²) in [7, 11) is 1.59. The highest BCUT2D eigenvalue weighted by atomic mass is 16.5. The molecule has 1 unspecified atom stereocenters. The second-order valence-corrected chi connectivity index (χ2v) is 7.77. The van der Waals surface area contributed by atoms with Crippen LogP contribution in [0.25, 0.3) is 11.4 Å². The van der Waals surface area contributed by atoms with Gasteiger partial charge in [0.1, 0.15) is 12.4 Å². The third kappa shape index (κ3) is 4.99. The van der Waals surface area contributed by atoms with Crippen molar-refractivity contribution < 1.29 is 14.3 Å². The Morgan fingerprint density at radius 1 is 1.06 bits per heavy atom. The normalized spacial score (nSPS) is 15.3. The molecule has 2 aromatic carbocycles. The number of para-hydroxylation sites is 2. The molecule has 0 saturated heterocycles. The fourth-order valence-corrected chi connectivity index (χ4v) is 4.00. The fraction of sp³-hybridized carbons (Fsp3) is 0.320. The first kappa shape index (κ1) is 21.6. The van der Waals surface area contributed by atoms with E-state index < -0.39 is 0 Å². The van der Waals surface area contributed by atoms with Gasteiger partial charge in [0.2, 0.25) is 5.91 Å². The summed E-state index contributed by atoms with van der Waals surface area (Å²) in [5.41, 5.74) is 2.25. The summed E-state index contributed by atoms with van der Waals surface area (Å²) < 4.78 is 11.0. The smallest absolute Gasteiger partial charge is 0.254 e. The first-order valence-electron chi connectivity index (χ1n) is 10.9. The summed E-state index contributed by atoms with van der Waals surface area (Å²) in [5, 5.41) is 2.96. The molecule has 7 heteroatoms. The van der Waals surface area contributed by atoms with Crippen LogP contribution in [0.5, 0.6) is 11.5 Å². The summed E-state index contributed by atoms with van der Waals surface area (Å²) in [5.74, 6) is 1.71. The number of hydrogen-bond acceptors (Lipinski definition) is 5. The van der Waals surface area contributed by atoms with E-state index in [9.17, 15) is 9.59 Å². The number of hydrogen-bond donors (Lipinski definition) is 2. The molecule has 1 atom stereocenters. The van der Waals surface area contributed by atoms with Crippen molar-refractivity contribution in [3.63, 3.8) is 0 Å². The molecular weight excluding hydrogens is 406 g/mol. The fourth-order valence-electron chi connectivity index (χ4n) is 4.00. The molecule has 0 fully saturated rings. The molecule has 1 amide bonds. The molecule has 0 spiro atoms. The lowest BCUT2D eigenvalue weighted by Gasteiger charge is -2.15. The van der Waals surface area contributed by atoms with E-state index in [2.05, 4.69) is 10.3 Å². The van der Waals surface area contributed by atoms with Crippen LogP contribution in [0, 0.1) is 5.92 Å². The topological polar surface area (TPSA) is 93.3 Å². The number of benzene rings is 2. The van der Waals surface area contributed by atoms with Gasteiger partial charge >= 0.3 is 0 Å². The number of nitrogens with one attached hydrogen (secondary N) is 2. The van der Waals surface area contributed by atoms with Gasteiger partial charge in [0.25, 0.3) is 5.56 Å². The van der Waals surface area contributed by atoms with Crippen LogP contribution in [-0.2, 0) is 17.6 Å². The van der Waals surface area contributed by atoms with Crippen LogP contribution in [0.2, 0.25) is 0 Å². The van der Waals surface area contributed by atoms with Crippen molar-refractivity contribution in [1.29, 1.82) is 0 Å². The lowest BCUT2D eigenvalue weighted by molar-refractivity contribution is -0.125. The van der Waals surface area contributed by atoms with Crippen molar-refractivity contribution >= 4 is 5.91 Å². The zero-order chi connectivity index (χ0) is 22.3. The number of fused-ring (bicyclic) bond motifs is 1. The van der Waals surface area contributed by atoms with E-state index >= 15 is 0 Å². The molecule has 0 saturated carbocycles.